The molecular formula is C27H41FN8O3. The van der Waals surface area contributed by atoms with E-state index < -0.39 is 0 Å². The number of nitrogens with zero attached hydrogens (tertiary/aromatic N) is 6. The number of benzene rings is 1. The number of likely N-dealkylation sites (tertiary alicyclic amines) is 2. The first-order valence-corrected chi connectivity index (χ1v) is 13.9. The predicted molar refractivity (Wildman–Crippen MR) is 146 cm³/mol. The molecule has 1 aromatic carbocycles. The number of piperidine rings is 1. The molecule has 1 aromatic heterocycles. The molecule has 5 N–H and O–H groups in total. The van der Waals surface area contributed by atoms with E-state index in [1.807, 2.05) is 6.07 Å². The van der Waals surface area contributed by atoms with Crippen molar-refractivity contribution >= 4 is 17.8 Å². The van der Waals surface area contributed by atoms with Crippen LogP contribution in [-0.4, -0.2) is 99.9 Å². The Morgan fingerprint density at radius 2 is 1.90 bits per heavy atom. The molecule has 2 atom stereocenters. The minimum absolute atomic E-state index is 0.127. The molecule has 11 nitrogen and oxygen atoms in total. The molecule has 2 aliphatic rings. The van der Waals surface area contributed by atoms with Crippen LogP contribution < -0.4 is 16.0 Å². The van der Waals surface area contributed by atoms with Gasteiger partial charge < -0.3 is 31.1 Å². The highest BCUT2D eigenvalue weighted by atomic mass is 19.1. The number of primary amides is 1. The third-order valence-corrected chi connectivity index (χ3v) is 7.51. The lowest BCUT2D eigenvalue weighted by Gasteiger charge is -2.37. The third-order valence-electron chi connectivity index (χ3n) is 7.51. The monoisotopic (exact) mass is 544 g/mol. The largest absolute Gasteiger partial charge is 0.395 e. The van der Waals surface area contributed by atoms with Crippen LogP contribution in [0.15, 0.2) is 24.3 Å². The number of aliphatic hydroxyl groups is 2. The van der Waals surface area contributed by atoms with Gasteiger partial charge in [0.05, 0.1) is 25.2 Å². The van der Waals surface area contributed by atoms with Gasteiger partial charge in [0.15, 0.2) is 5.82 Å². The van der Waals surface area contributed by atoms with E-state index in [1.165, 1.54) is 25.0 Å². The summed E-state index contributed by atoms with van der Waals surface area (Å²) in [4.78, 5) is 32.7. The molecule has 0 saturated carbocycles. The number of hydrogen-bond donors (Lipinski definition) is 4. The fourth-order valence-corrected chi connectivity index (χ4v) is 5.44. The Kier molecular flexibility index (Phi) is 10.8. The minimum Gasteiger partial charge on any atom is -0.395 e. The Labute approximate surface area is 229 Å². The van der Waals surface area contributed by atoms with Gasteiger partial charge in [0.2, 0.25) is 17.8 Å². The summed E-state index contributed by atoms with van der Waals surface area (Å²) < 4.78 is 13.7. The molecule has 2 unspecified atom stereocenters. The van der Waals surface area contributed by atoms with Crippen molar-refractivity contribution in [2.75, 3.05) is 69.2 Å². The van der Waals surface area contributed by atoms with Crippen molar-refractivity contribution in [1.29, 1.82) is 0 Å². The fraction of sp³-hybridized carbons (Fsp3) is 0.630. The molecule has 39 heavy (non-hydrogen) atoms. The van der Waals surface area contributed by atoms with Gasteiger partial charge in [0.25, 0.3) is 0 Å². The number of aromatic nitrogens is 3. The topological polar surface area (TPSA) is 144 Å². The number of hydrogen-bond acceptors (Lipinski definition) is 10. The lowest BCUT2D eigenvalue weighted by molar-refractivity contribution is -0.123. The molecule has 3 heterocycles. The lowest BCUT2D eigenvalue weighted by atomic mass is 9.95. The van der Waals surface area contributed by atoms with Crippen LogP contribution in [0.3, 0.4) is 0 Å². The highest BCUT2D eigenvalue weighted by molar-refractivity contribution is 5.76. The first-order chi connectivity index (χ1) is 19.0. The van der Waals surface area contributed by atoms with Gasteiger partial charge in [-0.15, -0.1) is 0 Å². The first kappa shape index (κ1) is 29.1. The Bertz CT molecular complexity index is 1070. The average Bonchev–Trinajstić information content (AvgIpc) is 3.46. The van der Waals surface area contributed by atoms with E-state index in [1.54, 1.807) is 11.0 Å². The molecule has 0 radical (unpaired) electrons. The number of nitrogens with one attached hydrogen (secondary N) is 1. The summed E-state index contributed by atoms with van der Waals surface area (Å²) in [6.07, 6.45) is 4.79. The van der Waals surface area contributed by atoms with E-state index in [0.717, 1.165) is 51.0 Å². The van der Waals surface area contributed by atoms with Crippen molar-refractivity contribution < 1.29 is 19.4 Å². The van der Waals surface area contributed by atoms with Crippen LogP contribution in [0.5, 0.6) is 0 Å². The van der Waals surface area contributed by atoms with Gasteiger partial charge in [-0.2, -0.15) is 15.0 Å². The maximum atomic E-state index is 13.7. The zero-order valence-corrected chi connectivity index (χ0v) is 22.5. The van der Waals surface area contributed by atoms with Crippen LogP contribution >= 0.6 is 0 Å². The van der Waals surface area contributed by atoms with Gasteiger partial charge in [0.1, 0.15) is 5.82 Å². The highest BCUT2D eigenvalue weighted by Gasteiger charge is 2.32. The van der Waals surface area contributed by atoms with Crippen LogP contribution in [0.25, 0.3) is 0 Å². The first-order valence-electron chi connectivity index (χ1n) is 13.9. The molecule has 1 amide bonds. The van der Waals surface area contributed by atoms with Gasteiger partial charge in [0, 0.05) is 32.7 Å². The van der Waals surface area contributed by atoms with E-state index in [2.05, 4.69) is 20.1 Å². The zero-order chi connectivity index (χ0) is 27.6. The van der Waals surface area contributed by atoms with Crippen molar-refractivity contribution in [3.05, 3.63) is 41.5 Å². The second-order valence-electron chi connectivity index (χ2n) is 10.3. The van der Waals surface area contributed by atoms with Crippen molar-refractivity contribution in [2.24, 2.45) is 11.7 Å². The molecule has 0 aliphatic carbocycles. The Morgan fingerprint density at radius 3 is 2.59 bits per heavy atom. The normalized spacial score (nSPS) is 19.2. The number of nitrogens with two attached hydrogens (primary N) is 1. The van der Waals surface area contributed by atoms with Crippen molar-refractivity contribution in [3.63, 3.8) is 0 Å². The highest BCUT2D eigenvalue weighted by Crippen LogP contribution is 2.30. The van der Waals surface area contributed by atoms with E-state index in [-0.39, 0.29) is 50.0 Å². The number of anilines is 2. The number of carbonyl (C=O) groups is 1. The summed E-state index contributed by atoms with van der Waals surface area (Å²) in [6.45, 7) is 4.93. The predicted octanol–water partition coefficient (Wildman–Crippen LogP) is 1.14. The van der Waals surface area contributed by atoms with Crippen LogP contribution in [-0.2, 0) is 11.3 Å². The fourth-order valence-electron chi connectivity index (χ4n) is 5.44. The summed E-state index contributed by atoms with van der Waals surface area (Å²) in [5, 5.41) is 22.5. The van der Waals surface area contributed by atoms with Gasteiger partial charge >= 0.3 is 0 Å². The van der Waals surface area contributed by atoms with E-state index in [9.17, 15) is 19.4 Å². The van der Waals surface area contributed by atoms with E-state index in [0.29, 0.717) is 30.8 Å². The van der Waals surface area contributed by atoms with Crippen molar-refractivity contribution in [3.8, 4) is 0 Å². The number of rotatable bonds is 14. The Hall–Kier alpha value is -2.93. The molecule has 2 saturated heterocycles. The third kappa shape index (κ3) is 8.28. The van der Waals surface area contributed by atoms with Crippen LogP contribution in [0, 0.1) is 11.7 Å². The number of amides is 1. The molecule has 2 fully saturated rings. The molecule has 0 spiro atoms. The van der Waals surface area contributed by atoms with E-state index >= 15 is 0 Å². The number of aliphatic hydroxyl groups excluding tert-OH is 2. The summed E-state index contributed by atoms with van der Waals surface area (Å²) in [5.74, 6) is 0.407. The summed E-state index contributed by atoms with van der Waals surface area (Å²) >= 11 is 0. The minimum atomic E-state index is -0.320. The molecule has 214 valence electrons. The lowest BCUT2D eigenvalue weighted by Crippen LogP contribution is -2.44. The molecule has 4 rings (SSSR count). The van der Waals surface area contributed by atoms with Crippen LogP contribution in [0.1, 0.15) is 49.5 Å². The average molecular weight is 545 g/mol. The zero-order valence-electron chi connectivity index (χ0n) is 22.5. The number of carbonyl (C=O) groups excluding carboxylic acids is 1. The molecule has 2 aliphatic heterocycles. The quantitative estimate of drug-likeness (QED) is 0.273. The van der Waals surface area contributed by atoms with Crippen LogP contribution in [0.4, 0.5) is 16.3 Å². The SMILES string of the molecule is NC(=O)C1CCCN(C(CCN2CCCC2)c2nc(NCc3cccc(F)c3)nc(N(CCO)CCO)n2)C1. The standard InChI is InChI=1S/C27H41FN8O3/c28-22-7-3-5-20(17-22)18-30-26-31-25(32-27(33-26)35(13-15-37)14-16-38)23(8-12-34-9-1-2-10-34)36-11-4-6-21(19-36)24(29)39/h3,5,7,17,21,23,37-38H,1-2,4,6,8-16,18-19H2,(H2,29,39)(H,30,31,32,33). The molecule has 2 aromatic rings. The summed E-state index contributed by atoms with van der Waals surface area (Å²) in [5.41, 5.74) is 6.44. The van der Waals surface area contributed by atoms with Gasteiger partial charge in [-0.1, -0.05) is 12.1 Å². The Morgan fingerprint density at radius 1 is 1.13 bits per heavy atom. The van der Waals surface area contributed by atoms with E-state index in [4.69, 9.17) is 15.7 Å². The Balaban J connectivity index is 1.66. The van der Waals surface area contributed by atoms with Gasteiger partial charge in [-0.05, 0) is 69.4 Å². The van der Waals surface area contributed by atoms with Gasteiger partial charge in [-0.3, -0.25) is 9.69 Å². The maximum absolute atomic E-state index is 13.7. The van der Waals surface area contributed by atoms with Crippen molar-refractivity contribution in [1.82, 2.24) is 24.8 Å². The molecular weight excluding hydrogens is 503 g/mol. The maximum Gasteiger partial charge on any atom is 0.230 e. The molecule has 0 bridgehead atoms. The smallest absolute Gasteiger partial charge is 0.230 e. The van der Waals surface area contributed by atoms with Crippen molar-refractivity contribution in [2.45, 2.75) is 44.7 Å². The molecule has 12 heteroatoms. The second-order valence-corrected chi connectivity index (χ2v) is 10.3. The summed E-state index contributed by atoms with van der Waals surface area (Å²) in [7, 11) is 0. The summed E-state index contributed by atoms with van der Waals surface area (Å²) in [6, 6.07) is 6.15. The van der Waals surface area contributed by atoms with Gasteiger partial charge in [-0.25, -0.2) is 4.39 Å². The second kappa shape index (κ2) is 14.5. The van der Waals surface area contributed by atoms with Crippen LogP contribution in [0.2, 0.25) is 0 Å². The number of halogens is 1.